The van der Waals surface area contributed by atoms with Crippen LogP contribution in [-0.2, 0) is 11.2 Å². The van der Waals surface area contributed by atoms with Crippen LogP contribution in [0.2, 0.25) is 0 Å². The van der Waals surface area contributed by atoms with Gasteiger partial charge in [-0.2, -0.15) is 0 Å². The van der Waals surface area contributed by atoms with Gasteiger partial charge in [-0.25, -0.2) is 9.37 Å². The third-order valence-corrected chi connectivity index (χ3v) is 3.57. The smallest absolute Gasteiger partial charge is 0.309 e. The molecular weight excluding hydrogens is 267 g/mol. The lowest BCUT2D eigenvalue weighted by Crippen LogP contribution is -1.99. The molecule has 0 saturated heterocycles. The Balaban J connectivity index is 2.06. The van der Waals surface area contributed by atoms with Gasteiger partial charge in [0.25, 0.3) is 0 Å². The summed E-state index contributed by atoms with van der Waals surface area (Å²) in [6, 6.07) is 6.17. The van der Waals surface area contributed by atoms with Crippen LogP contribution in [-0.4, -0.2) is 20.5 Å². The predicted octanol–water partition coefficient (Wildman–Crippen LogP) is 2.83. The first-order chi connectivity index (χ1) is 9.13. The largest absolute Gasteiger partial charge is 0.481 e. The monoisotopic (exact) mass is 276 g/mol. The fourth-order valence-electron chi connectivity index (χ4n) is 1.90. The molecule has 2 heterocycles. The number of thiazole rings is 1. The van der Waals surface area contributed by atoms with Crippen LogP contribution in [0.25, 0.3) is 16.2 Å². The zero-order valence-electron chi connectivity index (χ0n) is 9.71. The normalized spacial score (nSPS) is 11.0. The highest BCUT2D eigenvalue weighted by atomic mass is 32.1. The van der Waals surface area contributed by atoms with Crippen molar-refractivity contribution in [3.05, 3.63) is 47.4 Å². The number of carbonyl (C=O) groups is 1. The molecule has 0 bridgehead atoms. The summed E-state index contributed by atoms with van der Waals surface area (Å²) in [5.74, 6) is -1.19. The molecule has 0 unspecified atom stereocenters. The number of hydrogen-bond donors (Lipinski definition) is 1. The standard InChI is InChI=1S/C13H9FN2O2S/c14-9-3-1-8(2-4-9)11-7-19-13-15-10(5-12(17)18)6-16(11)13/h1-4,6-7H,5H2,(H,17,18). The fourth-order valence-corrected chi connectivity index (χ4v) is 2.80. The lowest BCUT2D eigenvalue weighted by atomic mass is 10.2. The van der Waals surface area contributed by atoms with E-state index in [4.69, 9.17) is 5.11 Å². The van der Waals surface area contributed by atoms with E-state index < -0.39 is 5.97 Å². The highest BCUT2D eigenvalue weighted by Crippen LogP contribution is 2.26. The minimum absolute atomic E-state index is 0.0999. The number of imidazole rings is 1. The van der Waals surface area contributed by atoms with Crippen LogP contribution in [0.5, 0.6) is 0 Å². The van der Waals surface area contributed by atoms with E-state index in [2.05, 4.69) is 4.98 Å². The van der Waals surface area contributed by atoms with E-state index in [-0.39, 0.29) is 12.2 Å². The maximum Gasteiger partial charge on any atom is 0.309 e. The summed E-state index contributed by atoms with van der Waals surface area (Å²) < 4.78 is 14.7. The van der Waals surface area contributed by atoms with Crippen molar-refractivity contribution in [1.82, 2.24) is 9.38 Å². The van der Waals surface area contributed by atoms with Crippen molar-refractivity contribution in [3.8, 4) is 11.3 Å². The minimum Gasteiger partial charge on any atom is -0.481 e. The molecule has 0 aliphatic heterocycles. The van der Waals surface area contributed by atoms with Crippen LogP contribution in [0.4, 0.5) is 4.39 Å². The molecule has 0 aliphatic rings. The molecular formula is C13H9FN2O2S. The van der Waals surface area contributed by atoms with Crippen molar-refractivity contribution in [2.75, 3.05) is 0 Å². The van der Waals surface area contributed by atoms with Gasteiger partial charge in [-0.15, -0.1) is 11.3 Å². The molecule has 0 radical (unpaired) electrons. The summed E-state index contributed by atoms with van der Waals surface area (Å²) >= 11 is 1.43. The SMILES string of the molecule is O=C(O)Cc1cn2c(-c3ccc(F)cc3)csc2n1. The number of nitrogens with zero attached hydrogens (tertiary/aromatic N) is 2. The van der Waals surface area contributed by atoms with E-state index in [9.17, 15) is 9.18 Å². The van der Waals surface area contributed by atoms with Crippen LogP contribution >= 0.6 is 11.3 Å². The van der Waals surface area contributed by atoms with Crippen molar-refractivity contribution < 1.29 is 14.3 Å². The van der Waals surface area contributed by atoms with Gasteiger partial charge in [-0.05, 0) is 29.8 Å². The van der Waals surface area contributed by atoms with Crippen LogP contribution in [0, 0.1) is 5.82 Å². The van der Waals surface area contributed by atoms with Crippen LogP contribution in [0.15, 0.2) is 35.8 Å². The van der Waals surface area contributed by atoms with Crippen molar-refractivity contribution >= 4 is 22.3 Å². The Morgan fingerprint density at radius 1 is 1.37 bits per heavy atom. The molecule has 0 spiro atoms. The van der Waals surface area contributed by atoms with Crippen molar-refractivity contribution in [2.45, 2.75) is 6.42 Å². The van der Waals surface area contributed by atoms with E-state index in [0.717, 1.165) is 16.2 Å². The molecule has 3 aromatic rings. The molecule has 6 heteroatoms. The second kappa shape index (κ2) is 4.47. The van der Waals surface area contributed by atoms with Gasteiger partial charge in [-0.1, -0.05) is 0 Å². The van der Waals surface area contributed by atoms with Gasteiger partial charge < -0.3 is 5.11 Å². The highest BCUT2D eigenvalue weighted by Gasteiger charge is 2.11. The molecule has 96 valence electrons. The summed E-state index contributed by atoms with van der Waals surface area (Å²) in [4.78, 5) is 15.6. The van der Waals surface area contributed by atoms with Gasteiger partial charge in [-0.3, -0.25) is 9.20 Å². The van der Waals surface area contributed by atoms with E-state index in [1.165, 1.54) is 23.5 Å². The van der Waals surface area contributed by atoms with Gasteiger partial charge in [0, 0.05) is 11.6 Å². The number of aromatic nitrogens is 2. The molecule has 0 aliphatic carbocycles. The summed E-state index contributed by atoms with van der Waals surface area (Å²) in [6.07, 6.45) is 1.61. The van der Waals surface area contributed by atoms with Crippen molar-refractivity contribution in [2.24, 2.45) is 0 Å². The zero-order valence-corrected chi connectivity index (χ0v) is 10.5. The second-order valence-electron chi connectivity index (χ2n) is 4.08. The first kappa shape index (κ1) is 11.9. The molecule has 0 atom stereocenters. The number of aliphatic carboxylic acids is 1. The molecule has 1 N–H and O–H groups in total. The van der Waals surface area contributed by atoms with Crippen molar-refractivity contribution in [3.63, 3.8) is 0 Å². The van der Waals surface area contributed by atoms with E-state index in [0.29, 0.717) is 5.69 Å². The molecule has 3 rings (SSSR count). The number of benzene rings is 1. The quantitative estimate of drug-likeness (QED) is 0.800. The van der Waals surface area contributed by atoms with Crippen LogP contribution in [0.1, 0.15) is 5.69 Å². The summed E-state index contributed by atoms with van der Waals surface area (Å²) in [6.45, 7) is 0. The highest BCUT2D eigenvalue weighted by molar-refractivity contribution is 7.15. The average molecular weight is 276 g/mol. The molecule has 4 nitrogen and oxygen atoms in total. The van der Waals surface area contributed by atoms with Crippen LogP contribution in [0.3, 0.4) is 0 Å². The third kappa shape index (κ3) is 2.22. The van der Waals surface area contributed by atoms with E-state index in [1.807, 2.05) is 9.78 Å². The Hall–Kier alpha value is -2.21. The molecule has 0 amide bonds. The van der Waals surface area contributed by atoms with Crippen molar-refractivity contribution in [1.29, 1.82) is 0 Å². The van der Waals surface area contributed by atoms with Crippen LogP contribution < -0.4 is 0 Å². The van der Waals surface area contributed by atoms with E-state index in [1.54, 1.807) is 18.3 Å². The topological polar surface area (TPSA) is 54.6 Å². The Morgan fingerprint density at radius 3 is 2.79 bits per heavy atom. The second-order valence-corrected chi connectivity index (χ2v) is 4.92. The van der Waals surface area contributed by atoms with E-state index >= 15 is 0 Å². The summed E-state index contributed by atoms with van der Waals surface area (Å²) in [5.41, 5.74) is 2.26. The number of rotatable bonds is 3. The molecule has 19 heavy (non-hydrogen) atoms. The first-order valence-electron chi connectivity index (χ1n) is 5.56. The van der Waals surface area contributed by atoms with Gasteiger partial charge in [0.2, 0.25) is 0 Å². The number of halogens is 1. The maximum absolute atomic E-state index is 12.9. The maximum atomic E-state index is 12.9. The predicted molar refractivity (Wildman–Crippen MR) is 69.8 cm³/mol. The summed E-state index contributed by atoms with van der Waals surface area (Å²) in [5, 5.41) is 10.7. The molecule has 2 aromatic heterocycles. The zero-order chi connectivity index (χ0) is 13.4. The number of carboxylic acids is 1. The number of fused-ring (bicyclic) bond motifs is 1. The lowest BCUT2D eigenvalue weighted by Gasteiger charge is -1.99. The summed E-state index contributed by atoms with van der Waals surface area (Å²) in [7, 11) is 0. The molecule has 0 saturated carbocycles. The van der Waals surface area contributed by atoms with Gasteiger partial charge in [0.05, 0.1) is 17.8 Å². The molecule has 1 aromatic carbocycles. The Bertz CT molecular complexity index is 746. The minimum atomic E-state index is -0.908. The molecule has 0 fully saturated rings. The Labute approximate surface area is 111 Å². The van der Waals surface area contributed by atoms with Gasteiger partial charge >= 0.3 is 5.97 Å². The van der Waals surface area contributed by atoms with Gasteiger partial charge in [0.15, 0.2) is 4.96 Å². The average Bonchev–Trinajstić information content (AvgIpc) is 2.89. The number of carboxylic acid groups (broad SMARTS) is 1. The third-order valence-electron chi connectivity index (χ3n) is 2.73. The Kier molecular flexibility index (Phi) is 2.79. The van der Waals surface area contributed by atoms with Gasteiger partial charge in [0.1, 0.15) is 5.82 Å². The number of hydrogen-bond acceptors (Lipinski definition) is 3. The Morgan fingerprint density at radius 2 is 2.11 bits per heavy atom. The lowest BCUT2D eigenvalue weighted by molar-refractivity contribution is -0.136. The first-order valence-corrected chi connectivity index (χ1v) is 6.44. The fraction of sp³-hybridized carbons (Fsp3) is 0.0769.